The largest absolute Gasteiger partial charge is 0.258 e. The van der Waals surface area contributed by atoms with Crippen LogP contribution in [-0.2, 0) is 10.8 Å². The Bertz CT molecular complexity index is 657. The third kappa shape index (κ3) is 4.02. The molecular formula is C22H31N. The van der Waals surface area contributed by atoms with Gasteiger partial charge in [-0.2, -0.15) is 0 Å². The summed E-state index contributed by atoms with van der Waals surface area (Å²) in [7, 11) is 0. The Kier molecular flexibility index (Phi) is 4.71. The van der Waals surface area contributed by atoms with Gasteiger partial charge in [0, 0.05) is 11.4 Å². The molecule has 2 aromatic rings. The molecule has 1 heterocycles. The number of rotatable bonds is 0. The molecule has 0 radical (unpaired) electrons. The molecule has 0 atom stereocenters. The molecular weight excluding hydrogens is 278 g/mol. The molecule has 0 bridgehead atoms. The second-order valence-corrected chi connectivity index (χ2v) is 8.42. The number of fused-ring (bicyclic) bond motifs is 1. The number of aromatic nitrogens is 1. The number of nitrogens with zero attached hydrogens (tertiary/aromatic N) is 1. The van der Waals surface area contributed by atoms with E-state index in [1.54, 1.807) is 11.1 Å². The van der Waals surface area contributed by atoms with Crippen LogP contribution in [0.2, 0.25) is 0 Å². The van der Waals surface area contributed by atoms with Crippen molar-refractivity contribution in [2.75, 3.05) is 0 Å². The maximum absolute atomic E-state index is 4.23. The maximum atomic E-state index is 4.23. The van der Waals surface area contributed by atoms with Gasteiger partial charge in [0.05, 0.1) is 0 Å². The molecule has 0 spiro atoms. The monoisotopic (exact) mass is 309 g/mol. The summed E-state index contributed by atoms with van der Waals surface area (Å²) in [5.74, 6) is 0. The minimum Gasteiger partial charge on any atom is -0.258 e. The topological polar surface area (TPSA) is 12.9 Å². The SMILES string of the molecule is Cc1cc(C)nc(C)c1.Cc1ccc2c(c1)C(C)(C)CC2(C)C. The first-order chi connectivity index (χ1) is 10.5. The van der Waals surface area contributed by atoms with Crippen LogP contribution in [0, 0.1) is 27.7 Å². The number of benzene rings is 1. The maximum Gasteiger partial charge on any atom is 0.0378 e. The van der Waals surface area contributed by atoms with Crippen molar-refractivity contribution in [1.29, 1.82) is 0 Å². The van der Waals surface area contributed by atoms with Crippen molar-refractivity contribution < 1.29 is 0 Å². The van der Waals surface area contributed by atoms with Gasteiger partial charge >= 0.3 is 0 Å². The molecule has 23 heavy (non-hydrogen) atoms. The normalized spacial score (nSPS) is 17.2. The minimum absolute atomic E-state index is 0.352. The molecule has 3 rings (SSSR count). The van der Waals surface area contributed by atoms with Crippen molar-refractivity contribution in [3.63, 3.8) is 0 Å². The van der Waals surface area contributed by atoms with Gasteiger partial charge in [0.25, 0.3) is 0 Å². The molecule has 0 fully saturated rings. The molecule has 1 aliphatic rings. The quantitative estimate of drug-likeness (QED) is 0.585. The minimum atomic E-state index is 0.352. The van der Waals surface area contributed by atoms with E-state index in [-0.39, 0.29) is 0 Å². The summed E-state index contributed by atoms with van der Waals surface area (Å²) in [6.45, 7) is 17.7. The van der Waals surface area contributed by atoms with Crippen molar-refractivity contribution in [3.8, 4) is 0 Å². The van der Waals surface area contributed by atoms with E-state index < -0.39 is 0 Å². The van der Waals surface area contributed by atoms with E-state index >= 15 is 0 Å². The zero-order valence-electron chi connectivity index (χ0n) is 16.0. The number of hydrogen-bond acceptors (Lipinski definition) is 1. The molecule has 0 N–H and O–H groups in total. The fraction of sp³-hybridized carbons (Fsp3) is 0.500. The summed E-state index contributed by atoms with van der Waals surface area (Å²) in [6, 6.07) is 11.1. The predicted octanol–water partition coefficient (Wildman–Crippen LogP) is 5.96. The fourth-order valence-electron chi connectivity index (χ4n) is 4.15. The Morgan fingerprint density at radius 2 is 1.22 bits per heavy atom. The fourth-order valence-corrected chi connectivity index (χ4v) is 4.15. The predicted molar refractivity (Wildman–Crippen MR) is 100 cm³/mol. The van der Waals surface area contributed by atoms with Crippen LogP contribution in [0.5, 0.6) is 0 Å². The van der Waals surface area contributed by atoms with Gasteiger partial charge < -0.3 is 0 Å². The van der Waals surface area contributed by atoms with Gasteiger partial charge in [-0.25, -0.2) is 0 Å². The Morgan fingerprint density at radius 3 is 1.74 bits per heavy atom. The highest BCUT2D eigenvalue weighted by Crippen LogP contribution is 2.49. The van der Waals surface area contributed by atoms with Crippen LogP contribution in [0.25, 0.3) is 0 Å². The Morgan fingerprint density at radius 1 is 0.696 bits per heavy atom. The molecule has 0 unspecified atom stereocenters. The van der Waals surface area contributed by atoms with E-state index in [2.05, 4.69) is 76.9 Å². The van der Waals surface area contributed by atoms with Crippen LogP contribution >= 0.6 is 0 Å². The zero-order chi connectivity index (χ0) is 17.4. The molecule has 1 aromatic carbocycles. The summed E-state index contributed by atoms with van der Waals surface area (Å²) < 4.78 is 0. The van der Waals surface area contributed by atoms with Gasteiger partial charge in [-0.15, -0.1) is 0 Å². The van der Waals surface area contributed by atoms with Crippen LogP contribution in [0.4, 0.5) is 0 Å². The lowest BCUT2D eigenvalue weighted by Crippen LogP contribution is -2.17. The molecule has 1 aromatic heterocycles. The first-order valence-corrected chi connectivity index (χ1v) is 8.55. The first kappa shape index (κ1) is 17.7. The molecule has 0 amide bonds. The number of aryl methyl sites for hydroxylation is 4. The Labute approximate surface area is 142 Å². The molecule has 0 saturated heterocycles. The second kappa shape index (κ2) is 6.11. The lowest BCUT2D eigenvalue weighted by Gasteiger charge is -2.22. The lowest BCUT2D eigenvalue weighted by molar-refractivity contribution is 0.403. The van der Waals surface area contributed by atoms with Crippen molar-refractivity contribution >= 4 is 0 Å². The molecule has 0 aliphatic heterocycles. The van der Waals surface area contributed by atoms with Crippen LogP contribution in [0.3, 0.4) is 0 Å². The summed E-state index contributed by atoms with van der Waals surface area (Å²) in [5.41, 5.74) is 8.70. The van der Waals surface area contributed by atoms with E-state index in [0.717, 1.165) is 11.4 Å². The van der Waals surface area contributed by atoms with Gasteiger partial charge in [0.1, 0.15) is 0 Å². The third-order valence-electron chi connectivity index (χ3n) is 4.74. The summed E-state index contributed by atoms with van der Waals surface area (Å²) in [5, 5.41) is 0. The zero-order valence-corrected chi connectivity index (χ0v) is 16.0. The molecule has 1 nitrogen and oxygen atoms in total. The second-order valence-electron chi connectivity index (χ2n) is 8.42. The van der Waals surface area contributed by atoms with Crippen LogP contribution in [-0.4, -0.2) is 4.98 Å². The molecule has 124 valence electrons. The van der Waals surface area contributed by atoms with Gasteiger partial charge in [0.2, 0.25) is 0 Å². The Balaban J connectivity index is 0.000000185. The highest BCUT2D eigenvalue weighted by atomic mass is 14.7. The van der Waals surface area contributed by atoms with E-state index in [1.807, 2.05) is 13.8 Å². The highest BCUT2D eigenvalue weighted by Gasteiger charge is 2.41. The summed E-state index contributed by atoms with van der Waals surface area (Å²) in [6.07, 6.45) is 1.26. The highest BCUT2D eigenvalue weighted by molar-refractivity contribution is 5.46. The number of pyridine rings is 1. The Hall–Kier alpha value is -1.63. The smallest absolute Gasteiger partial charge is 0.0378 e. The van der Waals surface area contributed by atoms with E-state index in [1.165, 1.54) is 17.5 Å². The molecule has 0 saturated carbocycles. The van der Waals surface area contributed by atoms with Crippen molar-refractivity contribution in [3.05, 3.63) is 64.0 Å². The summed E-state index contributed by atoms with van der Waals surface area (Å²) in [4.78, 5) is 4.23. The third-order valence-corrected chi connectivity index (χ3v) is 4.74. The molecule has 1 heteroatoms. The van der Waals surface area contributed by atoms with Gasteiger partial charge in [-0.05, 0) is 73.8 Å². The lowest BCUT2D eigenvalue weighted by atomic mass is 9.82. The van der Waals surface area contributed by atoms with Crippen molar-refractivity contribution in [1.82, 2.24) is 4.98 Å². The summed E-state index contributed by atoms with van der Waals surface area (Å²) >= 11 is 0. The van der Waals surface area contributed by atoms with Crippen LogP contribution < -0.4 is 0 Å². The molecule has 1 aliphatic carbocycles. The standard InChI is InChI=1S/C14H20.C8H11N/c1-10-6-7-11-12(8-10)14(4,5)9-13(11,2)3;1-6-4-7(2)9-8(3)5-6/h6-8H,9H2,1-5H3;4-5H,1-3H3. The van der Waals surface area contributed by atoms with E-state index in [0.29, 0.717) is 10.8 Å². The van der Waals surface area contributed by atoms with Crippen molar-refractivity contribution in [2.24, 2.45) is 0 Å². The first-order valence-electron chi connectivity index (χ1n) is 8.55. The average Bonchev–Trinajstić information content (AvgIpc) is 2.53. The van der Waals surface area contributed by atoms with Gasteiger partial charge in [-0.1, -0.05) is 51.5 Å². The van der Waals surface area contributed by atoms with E-state index in [4.69, 9.17) is 0 Å². The average molecular weight is 309 g/mol. The van der Waals surface area contributed by atoms with Crippen LogP contribution in [0.15, 0.2) is 30.3 Å². The van der Waals surface area contributed by atoms with Crippen LogP contribution in [0.1, 0.15) is 67.8 Å². The van der Waals surface area contributed by atoms with Gasteiger partial charge in [0.15, 0.2) is 0 Å². The van der Waals surface area contributed by atoms with Gasteiger partial charge in [-0.3, -0.25) is 4.98 Å². The van der Waals surface area contributed by atoms with Crippen molar-refractivity contribution in [2.45, 2.75) is 72.6 Å². The van der Waals surface area contributed by atoms with E-state index in [9.17, 15) is 0 Å². The number of hydrogen-bond donors (Lipinski definition) is 0.